The maximum absolute atomic E-state index is 10.9. The third-order valence-corrected chi connectivity index (χ3v) is 4.70. The number of nitrogens with two attached hydrogens (primary N) is 1. The molecule has 2 aliphatic rings. The molecule has 1 aromatic heterocycles. The molecule has 0 aliphatic carbocycles. The molecule has 3 heterocycles. The van der Waals surface area contributed by atoms with Crippen molar-refractivity contribution in [3.63, 3.8) is 0 Å². The molecular weight excluding hydrogens is 282 g/mol. The highest BCUT2D eigenvalue weighted by molar-refractivity contribution is 5.65. The molecule has 1 amide bonds. The molecule has 3 N–H and O–H groups in total. The lowest BCUT2D eigenvalue weighted by atomic mass is 10.0. The largest absolute Gasteiger partial charge is 0.465 e. The Kier molecular flexibility index (Phi) is 4.33. The molecule has 2 saturated heterocycles. The number of hydrogen-bond acceptors (Lipinski definition) is 5. The molecule has 0 saturated carbocycles. The summed E-state index contributed by atoms with van der Waals surface area (Å²) in [6.45, 7) is 4.96. The zero-order valence-corrected chi connectivity index (χ0v) is 12.7. The van der Waals surface area contributed by atoms with Gasteiger partial charge >= 0.3 is 6.09 Å². The van der Waals surface area contributed by atoms with Crippen molar-refractivity contribution in [1.82, 2.24) is 14.8 Å². The highest BCUT2D eigenvalue weighted by Gasteiger charge is 2.28. The number of piperidine rings is 1. The minimum absolute atomic E-state index is 0.551. The second-order valence-corrected chi connectivity index (χ2v) is 5.97. The number of carboxylic acid groups (broad SMARTS) is 1. The lowest BCUT2D eigenvalue weighted by molar-refractivity contribution is 0.0775. The summed E-state index contributed by atoms with van der Waals surface area (Å²) in [6, 6.07) is 4.43. The number of pyridine rings is 1. The maximum Gasteiger partial charge on any atom is 0.407 e. The number of anilines is 2. The van der Waals surface area contributed by atoms with Gasteiger partial charge in [-0.05, 0) is 25.0 Å². The van der Waals surface area contributed by atoms with E-state index in [4.69, 9.17) is 10.8 Å². The van der Waals surface area contributed by atoms with Crippen molar-refractivity contribution in [3.8, 4) is 0 Å². The second-order valence-electron chi connectivity index (χ2n) is 5.97. The number of hydrogen-bond donors (Lipinski definition) is 2. The lowest BCUT2D eigenvalue weighted by Gasteiger charge is -2.42. The normalized spacial score (nSPS) is 21.1. The van der Waals surface area contributed by atoms with Crippen LogP contribution in [0.3, 0.4) is 0 Å². The third kappa shape index (κ3) is 3.24. The average molecular weight is 305 g/mol. The summed E-state index contributed by atoms with van der Waals surface area (Å²) < 4.78 is 0. The predicted octanol–water partition coefficient (Wildman–Crippen LogP) is 0.928. The summed E-state index contributed by atoms with van der Waals surface area (Å²) in [4.78, 5) is 21.4. The van der Waals surface area contributed by atoms with Gasteiger partial charge < -0.3 is 20.6 Å². The molecule has 0 spiro atoms. The zero-order chi connectivity index (χ0) is 15.5. The predicted molar refractivity (Wildman–Crippen MR) is 85.1 cm³/mol. The number of nitrogens with zero attached hydrogens (tertiary/aromatic N) is 4. The summed E-state index contributed by atoms with van der Waals surface area (Å²) in [6.07, 6.45) is 3.25. The first-order chi connectivity index (χ1) is 10.6. The van der Waals surface area contributed by atoms with Crippen molar-refractivity contribution >= 4 is 17.6 Å². The van der Waals surface area contributed by atoms with Gasteiger partial charge in [-0.1, -0.05) is 0 Å². The number of rotatable bonds is 2. The molecule has 0 radical (unpaired) electrons. The van der Waals surface area contributed by atoms with E-state index in [9.17, 15) is 4.79 Å². The molecule has 3 rings (SSSR count). The number of aromatic nitrogens is 1. The molecule has 0 aromatic carbocycles. The number of nitrogen functional groups attached to an aromatic ring is 1. The Morgan fingerprint density at radius 2 is 1.82 bits per heavy atom. The lowest BCUT2D eigenvalue weighted by Crippen LogP contribution is -2.54. The maximum atomic E-state index is 10.9. The van der Waals surface area contributed by atoms with E-state index in [1.807, 2.05) is 18.3 Å². The molecule has 2 aliphatic heterocycles. The number of carbonyl (C=O) groups is 1. The Hall–Kier alpha value is -2.02. The summed E-state index contributed by atoms with van der Waals surface area (Å²) in [5, 5.41) is 9.00. The topological polar surface area (TPSA) is 85.9 Å². The summed E-state index contributed by atoms with van der Waals surface area (Å²) in [5.74, 6) is 0.551. The first-order valence-electron chi connectivity index (χ1n) is 7.82. The van der Waals surface area contributed by atoms with Crippen LogP contribution in [-0.2, 0) is 0 Å². The van der Waals surface area contributed by atoms with Gasteiger partial charge in [-0.2, -0.15) is 0 Å². The SMILES string of the molecule is Nc1ccc(N2CCC(N3CCN(C(=O)O)CC3)CC2)cn1. The summed E-state index contributed by atoms with van der Waals surface area (Å²) in [7, 11) is 0. The smallest absolute Gasteiger partial charge is 0.407 e. The molecule has 0 unspecified atom stereocenters. The van der Waals surface area contributed by atoms with Gasteiger partial charge in [0, 0.05) is 45.3 Å². The monoisotopic (exact) mass is 305 g/mol. The van der Waals surface area contributed by atoms with E-state index >= 15 is 0 Å². The summed E-state index contributed by atoms with van der Waals surface area (Å²) >= 11 is 0. The molecule has 1 aromatic rings. The van der Waals surface area contributed by atoms with Crippen LogP contribution in [0.1, 0.15) is 12.8 Å². The quantitative estimate of drug-likeness (QED) is 0.845. The van der Waals surface area contributed by atoms with E-state index < -0.39 is 6.09 Å². The van der Waals surface area contributed by atoms with E-state index in [1.165, 1.54) is 4.90 Å². The minimum atomic E-state index is -0.801. The molecule has 22 heavy (non-hydrogen) atoms. The van der Waals surface area contributed by atoms with Crippen molar-refractivity contribution < 1.29 is 9.90 Å². The van der Waals surface area contributed by atoms with Crippen molar-refractivity contribution in [2.45, 2.75) is 18.9 Å². The Labute approximate surface area is 130 Å². The first-order valence-corrected chi connectivity index (χ1v) is 7.82. The van der Waals surface area contributed by atoms with E-state index in [0.29, 0.717) is 24.9 Å². The van der Waals surface area contributed by atoms with Gasteiger partial charge in [0.2, 0.25) is 0 Å². The molecule has 0 atom stereocenters. The van der Waals surface area contributed by atoms with Crippen LogP contribution in [-0.4, -0.2) is 71.3 Å². The van der Waals surface area contributed by atoms with Gasteiger partial charge in [0.05, 0.1) is 11.9 Å². The van der Waals surface area contributed by atoms with E-state index in [1.54, 1.807) is 0 Å². The first kappa shape index (κ1) is 14.9. The Morgan fingerprint density at radius 3 is 2.36 bits per heavy atom. The van der Waals surface area contributed by atoms with E-state index in [-0.39, 0.29) is 0 Å². The Bertz CT molecular complexity index is 505. The van der Waals surface area contributed by atoms with Gasteiger partial charge in [0.25, 0.3) is 0 Å². The van der Waals surface area contributed by atoms with Crippen molar-refractivity contribution in [3.05, 3.63) is 18.3 Å². The fourth-order valence-electron chi connectivity index (χ4n) is 3.35. The number of piperazine rings is 1. The molecular formula is C15H23N5O2. The van der Waals surface area contributed by atoms with Gasteiger partial charge in [-0.25, -0.2) is 9.78 Å². The molecule has 7 heteroatoms. The van der Waals surface area contributed by atoms with Crippen LogP contribution in [0.25, 0.3) is 0 Å². The van der Waals surface area contributed by atoms with Crippen molar-refractivity contribution in [2.75, 3.05) is 49.9 Å². The van der Waals surface area contributed by atoms with E-state index in [2.05, 4.69) is 14.8 Å². The van der Waals surface area contributed by atoms with Crippen molar-refractivity contribution in [1.29, 1.82) is 0 Å². The van der Waals surface area contributed by atoms with Gasteiger partial charge in [-0.3, -0.25) is 4.90 Å². The average Bonchev–Trinajstić information content (AvgIpc) is 2.56. The van der Waals surface area contributed by atoms with Gasteiger partial charge in [0.15, 0.2) is 0 Å². The third-order valence-electron chi connectivity index (χ3n) is 4.70. The highest BCUT2D eigenvalue weighted by Crippen LogP contribution is 2.23. The fourth-order valence-corrected chi connectivity index (χ4v) is 3.35. The van der Waals surface area contributed by atoms with Gasteiger partial charge in [0.1, 0.15) is 5.82 Å². The molecule has 120 valence electrons. The fraction of sp³-hybridized carbons (Fsp3) is 0.600. The minimum Gasteiger partial charge on any atom is -0.465 e. The van der Waals surface area contributed by atoms with Crippen LogP contribution in [0, 0.1) is 0 Å². The Morgan fingerprint density at radius 1 is 1.14 bits per heavy atom. The van der Waals surface area contributed by atoms with Gasteiger partial charge in [-0.15, -0.1) is 0 Å². The number of amides is 1. The Balaban J connectivity index is 1.50. The zero-order valence-electron chi connectivity index (χ0n) is 12.7. The molecule has 7 nitrogen and oxygen atoms in total. The highest BCUT2D eigenvalue weighted by atomic mass is 16.4. The van der Waals surface area contributed by atoms with Crippen LogP contribution in [0.5, 0.6) is 0 Å². The van der Waals surface area contributed by atoms with Crippen molar-refractivity contribution in [2.24, 2.45) is 0 Å². The molecule has 0 bridgehead atoms. The second kappa shape index (κ2) is 6.39. The van der Waals surface area contributed by atoms with Crippen LogP contribution in [0.2, 0.25) is 0 Å². The van der Waals surface area contributed by atoms with Crippen LogP contribution < -0.4 is 10.6 Å². The van der Waals surface area contributed by atoms with Crippen LogP contribution in [0.4, 0.5) is 16.3 Å². The van der Waals surface area contributed by atoms with Crippen LogP contribution >= 0.6 is 0 Å². The summed E-state index contributed by atoms with van der Waals surface area (Å²) in [5.41, 5.74) is 6.75. The molecule has 2 fully saturated rings. The van der Waals surface area contributed by atoms with E-state index in [0.717, 1.165) is 44.7 Å². The standard InChI is InChI=1S/C15H23N5O2/c16-14-2-1-13(11-17-14)18-5-3-12(4-6-18)19-7-9-20(10-8-19)15(21)22/h1-2,11-12H,3-10H2,(H2,16,17)(H,21,22). The van der Waals surface area contributed by atoms with Crippen LogP contribution in [0.15, 0.2) is 18.3 Å².